The minimum Gasteiger partial charge on any atom is -0.315 e. The van der Waals surface area contributed by atoms with E-state index in [1.54, 1.807) is 12.1 Å². The highest BCUT2D eigenvalue weighted by Gasteiger charge is 2.29. The van der Waals surface area contributed by atoms with Crippen LogP contribution in [0.1, 0.15) is 30.1 Å². The first-order chi connectivity index (χ1) is 10.0. The molecule has 3 rings (SSSR count). The Labute approximate surface area is 128 Å². The van der Waals surface area contributed by atoms with E-state index in [9.17, 15) is 4.39 Å². The van der Waals surface area contributed by atoms with Crippen LogP contribution in [0.4, 0.5) is 4.39 Å². The highest BCUT2D eigenvalue weighted by atomic mass is 32.1. The number of halogens is 1. The van der Waals surface area contributed by atoms with Crippen LogP contribution in [0.15, 0.2) is 24.3 Å². The Hall–Kier alpha value is -1.53. The van der Waals surface area contributed by atoms with Gasteiger partial charge in [0.25, 0.3) is 0 Å². The molecule has 2 aromatic rings. The van der Waals surface area contributed by atoms with Crippen LogP contribution in [-0.2, 0) is 20.3 Å². The van der Waals surface area contributed by atoms with Crippen molar-refractivity contribution in [2.75, 3.05) is 7.05 Å². The summed E-state index contributed by atoms with van der Waals surface area (Å²) in [4.78, 5) is 1.22. The molecular formula is C15H20FN4S+. The molecular weight excluding hydrogens is 287 g/mol. The fraction of sp³-hybridized carbons (Fsp3) is 0.467. The molecule has 1 aliphatic rings. The minimum absolute atomic E-state index is 0.189. The molecule has 1 saturated carbocycles. The van der Waals surface area contributed by atoms with E-state index >= 15 is 0 Å². The molecule has 0 aliphatic heterocycles. The monoisotopic (exact) mass is 307 g/mol. The smallest absolute Gasteiger partial charge is 0.202 e. The first-order valence-corrected chi connectivity index (χ1v) is 7.65. The van der Waals surface area contributed by atoms with Crippen molar-refractivity contribution in [3.63, 3.8) is 0 Å². The number of nitrogens with one attached hydrogen (secondary N) is 1. The third-order valence-electron chi connectivity index (χ3n) is 3.83. The standard InChI is InChI=1S/C15H19FN4S/c1-18(9-11-4-3-5-13(16)8-11)10-20-15(21)19(2)14(17-20)12-6-7-12/h3-5,8,12H,6-7,9-10H2,1-2H3/p+1. The first kappa shape index (κ1) is 14.4. The molecule has 1 N–H and O–H groups in total. The molecule has 1 aliphatic carbocycles. The van der Waals surface area contributed by atoms with E-state index in [0.29, 0.717) is 12.6 Å². The Morgan fingerprint density at radius 3 is 2.86 bits per heavy atom. The lowest BCUT2D eigenvalue weighted by molar-refractivity contribution is -0.917. The van der Waals surface area contributed by atoms with E-state index in [1.807, 2.05) is 22.4 Å². The molecule has 4 nitrogen and oxygen atoms in total. The fourth-order valence-electron chi connectivity index (χ4n) is 2.61. The average molecular weight is 307 g/mol. The number of hydrogen-bond donors (Lipinski definition) is 1. The third-order valence-corrected chi connectivity index (χ3v) is 4.32. The molecule has 0 spiro atoms. The molecule has 0 saturated heterocycles. The lowest BCUT2D eigenvalue weighted by atomic mass is 10.2. The van der Waals surface area contributed by atoms with Gasteiger partial charge in [0, 0.05) is 18.5 Å². The van der Waals surface area contributed by atoms with Crippen LogP contribution in [-0.4, -0.2) is 21.4 Å². The van der Waals surface area contributed by atoms with Crippen LogP contribution >= 0.6 is 12.2 Å². The molecule has 21 heavy (non-hydrogen) atoms. The summed E-state index contributed by atoms with van der Waals surface area (Å²) in [6.07, 6.45) is 2.43. The zero-order valence-electron chi connectivity index (χ0n) is 12.3. The van der Waals surface area contributed by atoms with Crippen molar-refractivity contribution in [1.29, 1.82) is 0 Å². The van der Waals surface area contributed by atoms with Gasteiger partial charge in [-0.15, -0.1) is 0 Å². The lowest BCUT2D eigenvalue weighted by Crippen LogP contribution is -3.07. The highest BCUT2D eigenvalue weighted by Crippen LogP contribution is 2.38. The summed E-state index contributed by atoms with van der Waals surface area (Å²) in [5.74, 6) is 1.49. The van der Waals surface area contributed by atoms with Gasteiger partial charge in [-0.1, -0.05) is 12.1 Å². The van der Waals surface area contributed by atoms with Gasteiger partial charge in [-0.05, 0) is 37.2 Å². The fourth-order valence-corrected chi connectivity index (χ4v) is 2.81. The Bertz CT molecular complexity index is 702. The molecule has 0 bridgehead atoms. The maximum absolute atomic E-state index is 13.2. The minimum atomic E-state index is -0.189. The van der Waals surface area contributed by atoms with Gasteiger partial charge in [-0.2, -0.15) is 9.78 Å². The molecule has 1 aromatic heterocycles. The molecule has 1 aromatic carbocycles. The van der Waals surface area contributed by atoms with Gasteiger partial charge in [-0.25, -0.2) is 4.39 Å². The summed E-state index contributed by atoms with van der Waals surface area (Å²) in [6.45, 7) is 1.44. The predicted molar refractivity (Wildman–Crippen MR) is 81.0 cm³/mol. The second-order valence-corrected chi connectivity index (χ2v) is 6.26. The second kappa shape index (κ2) is 5.69. The Morgan fingerprint density at radius 2 is 2.19 bits per heavy atom. The number of hydrogen-bond acceptors (Lipinski definition) is 2. The summed E-state index contributed by atoms with van der Waals surface area (Å²) in [6, 6.07) is 6.74. The molecule has 0 radical (unpaired) electrons. The van der Waals surface area contributed by atoms with Gasteiger partial charge in [0.2, 0.25) is 4.77 Å². The SMILES string of the molecule is Cn1c(C2CC2)nn(C[NH+](C)Cc2cccc(F)c2)c1=S. The van der Waals surface area contributed by atoms with E-state index in [1.165, 1.54) is 23.8 Å². The topological polar surface area (TPSA) is 27.2 Å². The van der Waals surface area contributed by atoms with Gasteiger partial charge >= 0.3 is 0 Å². The van der Waals surface area contributed by atoms with Crippen molar-refractivity contribution in [2.45, 2.75) is 32.0 Å². The predicted octanol–water partition coefficient (Wildman–Crippen LogP) is 1.64. The molecule has 1 fully saturated rings. The van der Waals surface area contributed by atoms with Gasteiger partial charge < -0.3 is 9.47 Å². The molecule has 0 amide bonds. The van der Waals surface area contributed by atoms with Crippen molar-refractivity contribution in [2.24, 2.45) is 7.05 Å². The van der Waals surface area contributed by atoms with Gasteiger partial charge in [0.05, 0.1) is 7.05 Å². The number of nitrogens with zero attached hydrogens (tertiary/aromatic N) is 3. The molecule has 1 atom stereocenters. The summed E-state index contributed by atoms with van der Waals surface area (Å²) in [5, 5.41) is 4.65. The quantitative estimate of drug-likeness (QED) is 0.850. The second-order valence-electron chi connectivity index (χ2n) is 5.90. The van der Waals surface area contributed by atoms with Crippen molar-refractivity contribution in [3.8, 4) is 0 Å². The van der Waals surface area contributed by atoms with E-state index in [4.69, 9.17) is 12.2 Å². The van der Waals surface area contributed by atoms with Crippen molar-refractivity contribution in [3.05, 3.63) is 46.2 Å². The molecule has 6 heteroatoms. The maximum atomic E-state index is 13.2. The lowest BCUT2D eigenvalue weighted by Gasteiger charge is -2.13. The van der Waals surface area contributed by atoms with E-state index < -0.39 is 0 Å². The van der Waals surface area contributed by atoms with Crippen LogP contribution in [0.3, 0.4) is 0 Å². The molecule has 1 unspecified atom stereocenters. The van der Waals surface area contributed by atoms with Crippen molar-refractivity contribution in [1.82, 2.24) is 14.3 Å². The Kier molecular flexibility index (Phi) is 3.91. The number of aromatic nitrogens is 3. The zero-order chi connectivity index (χ0) is 15.0. The zero-order valence-corrected chi connectivity index (χ0v) is 13.2. The van der Waals surface area contributed by atoms with Crippen LogP contribution in [0.25, 0.3) is 0 Å². The third kappa shape index (κ3) is 3.22. The van der Waals surface area contributed by atoms with E-state index in [0.717, 1.165) is 22.7 Å². The number of quaternary nitrogens is 1. The maximum Gasteiger partial charge on any atom is 0.202 e. The van der Waals surface area contributed by atoms with Gasteiger partial charge in [-0.3, -0.25) is 0 Å². The Morgan fingerprint density at radius 1 is 1.43 bits per heavy atom. The van der Waals surface area contributed by atoms with Crippen LogP contribution in [0.5, 0.6) is 0 Å². The van der Waals surface area contributed by atoms with Crippen molar-refractivity contribution < 1.29 is 9.29 Å². The summed E-state index contributed by atoms with van der Waals surface area (Å²) < 4.78 is 17.9. The first-order valence-electron chi connectivity index (χ1n) is 7.24. The van der Waals surface area contributed by atoms with Crippen molar-refractivity contribution >= 4 is 12.2 Å². The summed E-state index contributed by atoms with van der Waals surface area (Å²) in [5.41, 5.74) is 0.984. The molecule has 112 valence electrons. The van der Waals surface area contributed by atoms with Crippen LogP contribution in [0, 0.1) is 10.6 Å². The van der Waals surface area contributed by atoms with Gasteiger partial charge in [0.15, 0.2) is 6.67 Å². The Balaban J connectivity index is 1.71. The summed E-state index contributed by atoms with van der Waals surface area (Å²) in [7, 11) is 4.06. The van der Waals surface area contributed by atoms with Crippen LogP contribution in [0.2, 0.25) is 0 Å². The van der Waals surface area contributed by atoms with E-state index in [2.05, 4.69) is 12.1 Å². The largest absolute Gasteiger partial charge is 0.315 e. The number of rotatable bonds is 5. The van der Waals surface area contributed by atoms with E-state index in [-0.39, 0.29) is 5.82 Å². The average Bonchev–Trinajstić information content (AvgIpc) is 3.22. The van der Waals surface area contributed by atoms with Gasteiger partial charge in [0.1, 0.15) is 18.2 Å². The van der Waals surface area contributed by atoms with Crippen LogP contribution < -0.4 is 4.90 Å². The summed E-state index contributed by atoms with van der Waals surface area (Å²) >= 11 is 5.45. The number of benzene rings is 1. The molecule has 1 heterocycles. The highest BCUT2D eigenvalue weighted by molar-refractivity contribution is 7.71. The normalized spacial score (nSPS) is 16.1.